The van der Waals surface area contributed by atoms with E-state index in [1.165, 1.54) is 6.07 Å². The van der Waals surface area contributed by atoms with Gasteiger partial charge >= 0.3 is 0 Å². The van der Waals surface area contributed by atoms with Gasteiger partial charge in [-0.05, 0) is 58.0 Å². The first-order valence-corrected chi connectivity index (χ1v) is 6.59. The van der Waals surface area contributed by atoms with Crippen LogP contribution in [0.15, 0.2) is 36.7 Å². The number of nitrogens with zero attached hydrogens (tertiary/aromatic N) is 1. The Hall–Kier alpha value is -0.760. The van der Waals surface area contributed by atoms with Crippen LogP contribution in [0.25, 0.3) is 0 Å². The molecule has 0 saturated heterocycles. The zero-order valence-corrected chi connectivity index (χ0v) is 12.1. The molecule has 18 heavy (non-hydrogen) atoms. The number of hydrogen-bond donors (Lipinski definition) is 2. The van der Waals surface area contributed by atoms with E-state index in [0.29, 0.717) is 10.6 Å². The summed E-state index contributed by atoms with van der Waals surface area (Å²) in [6.45, 7) is 0. The van der Waals surface area contributed by atoms with Gasteiger partial charge in [-0.2, -0.15) is 0 Å². The zero-order chi connectivity index (χ0) is 13.1. The summed E-state index contributed by atoms with van der Waals surface area (Å²) in [6, 6.07) is 6.53. The van der Waals surface area contributed by atoms with Gasteiger partial charge in [0.05, 0.1) is 12.2 Å². The summed E-state index contributed by atoms with van der Waals surface area (Å²) in [5, 5.41) is 0.607. The first kappa shape index (κ1) is 13.7. The Bertz CT molecular complexity index is 565. The highest BCUT2D eigenvalue weighted by atomic mass is 127. The van der Waals surface area contributed by atoms with Gasteiger partial charge < -0.3 is 0 Å². The van der Waals surface area contributed by atoms with Crippen molar-refractivity contribution in [1.29, 1.82) is 0 Å². The highest BCUT2D eigenvalue weighted by molar-refractivity contribution is 14.1. The highest BCUT2D eigenvalue weighted by Crippen LogP contribution is 2.28. The van der Waals surface area contributed by atoms with Crippen molar-refractivity contribution in [3.8, 4) is 0 Å². The molecule has 0 aliphatic heterocycles. The van der Waals surface area contributed by atoms with E-state index in [-0.39, 0.29) is 6.04 Å². The van der Waals surface area contributed by atoms with Crippen LogP contribution in [0.5, 0.6) is 0 Å². The number of rotatable bonds is 3. The molecule has 3 N–H and O–H groups in total. The average Bonchev–Trinajstić information content (AvgIpc) is 2.35. The molecule has 0 saturated carbocycles. The van der Waals surface area contributed by atoms with Crippen LogP contribution in [-0.2, 0) is 0 Å². The molecule has 0 amide bonds. The van der Waals surface area contributed by atoms with Crippen LogP contribution in [0, 0.1) is 9.39 Å². The Balaban J connectivity index is 2.48. The van der Waals surface area contributed by atoms with Gasteiger partial charge in [0.25, 0.3) is 0 Å². The molecular weight excluding hydrogens is 368 g/mol. The van der Waals surface area contributed by atoms with Gasteiger partial charge in [-0.25, -0.2) is 9.82 Å². The summed E-state index contributed by atoms with van der Waals surface area (Å²) in [5.41, 5.74) is 4.20. The van der Waals surface area contributed by atoms with E-state index in [1.807, 2.05) is 6.07 Å². The Labute approximate surface area is 123 Å². The van der Waals surface area contributed by atoms with Gasteiger partial charge in [0.15, 0.2) is 0 Å². The van der Waals surface area contributed by atoms with Crippen molar-refractivity contribution in [3.05, 3.63) is 62.2 Å². The van der Waals surface area contributed by atoms with Crippen LogP contribution in [-0.4, -0.2) is 4.98 Å². The molecule has 0 spiro atoms. The molecule has 2 rings (SSSR count). The maximum absolute atomic E-state index is 13.2. The Morgan fingerprint density at radius 1 is 1.33 bits per heavy atom. The Kier molecular flexibility index (Phi) is 4.50. The molecule has 1 heterocycles. The number of aromatic nitrogens is 1. The van der Waals surface area contributed by atoms with Crippen LogP contribution in [0.1, 0.15) is 17.2 Å². The smallest absolute Gasteiger partial charge is 0.141 e. The second-order valence-corrected chi connectivity index (χ2v) is 5.30. The monoisotopic (exact) mass is 377 g/mol. The second-order valence-electron chi connectivity index (χ2n) is 3.70. The molecule has 1 unspecified atom stereocenters. The molecule has 0 aliphatic carbocycles. The second kappa shape index (κ2) is 5.92. The lowest BCUT2D eigenvalue weighted by atomic mass is 10.0. The van der Waals surface area contributed by atoms with E-state index in [4.69, 9.17) is 17.4 Å². The average molecular weight is 378 g/mol. The molecule has 0 fully saturated rings. The van der Waals surface area contributed by atoms with Crippen molar-refractivity contribution in [3.63, 3.8) is 0 Å². The number of hydrazine groups is 1. The number of hydrogen-bond acceptors (Lipinski definition) is 3. The fraction of sp³-hybridized carbons (Fsp3) is 0.0833. The number of pyridine rings is 1. The van der Waals surface area contributed by atoms with E-state index >= 15 is 0 Å². The Morgan fingerprint density at radius 3 is 2.78 bits per heavy atom. The molecular formula is C12H10ClFIN3. The minimum atomic E-state index is -0.398. The molecule has 0 bridgehead atoms. The predicted octanol–water partition coefficient (Wildman–Crippen LogP) is 3.03. The van der Waals surface area contributed by atoms with Gasteiger partial charge in [0.1, 0.15) is 5.82 Å². The fourth-order valence-corrected chi connectivity index (χ4v) is 2.52. The molecule has 0 aliphatic rings. The van der Waals surface area contributed by atoms with Gasteiger partial charge in [-0.1, -0.05) is 11.6 Å². The summed E-state index contributed by atoms with van der Waals surface area (Å²) in [5.74, 6) is 5.16. The quantitative estimate of drug-likeness (QED) is 0.491. The molecule has 1 atom stereocenters. The van der Waals surface area contributed by atoms with E-state index in [9.17, 15) is 4.39 Å². The molecule has 1 aromatic carbocycles. The predicted molar refractivity (Wildman–Crippen MR) is 77.5 cm³/mol. The van der Waals surface area contributed by atoms with Crippen LogP contribution in [0.3, 0.4) is 0 Å². The fourth-order valence-electron chi connectivity index (χ4n) is 1.69. The van der Waals surface area contributed by atoms with Gasteiger partial charge in [0.2, 0.25) is 0 Å². The molecule has 1 aromatic heterocycles. The van der Waals surface area contributed by atoms with Crippen molar-refractivity contribution >= 4 is 34.2 Å². The summed E-state index contributed by atoms with van der Waals surface area (Å²) in [7, 11) is 0. The first-order chi connectivity index (χ1) is 8.61. The largest absolute Gasteiger partial charge is 0.271 e. The summed E-state index contributed by atoms with van der Waals surface area (Å²) >= 11 is 8.16. The van der Waals surface area contributed by atoms with Crippen molar-refractivity contribution < 1.29 is 4.39 Å². The van der Waals surface area contributed by atoms with Gasteiger partial charge in [0, 0.05) is 14.8 Å². The standard InChI is InChI=1S/C12H10ClFIN3/c13-8-1-2-11(15)10(4-8)12(18-16)7-3-9(14)6-17-5-7/h1-6,12,18H,16H2. The van der Waals surface area contributed by atoms with E-state index in [2.05, 4.69) is 33.0 Å². The summed E-state index contributed by atoms with van der Waals surface area (Å²) in [4.78, 5) is 3.82. The Morgan fingerprint density at radius 2 is 2.11 bits per heavy atom. The summed E-state index contributed by atoms with van der Waals surface area (Å²) < 4.78 is 14.2. The third-order valence-electron chi connectivity index (χ3n) is 2.50. The lowest BCUT2D eigenvalue weighted by molar-refractivity contribution is 0.597. The molecule has 0 radical (unpaired) electrons. The van der Waals surface area contributed by atoms with Gasteiger partial charge in [-0.15, -0.1) is 0 Å². The third-order valence-corrected chi connectivity index (χ3v) is 3.71. The molecule has 3 nitrogen and oxygen atoms in total. The number of nitrogens with two attached hydrogens (primary N) is 1. The van der Waals surface area contributed by atoms with Crippen LogP contribution < -0.4 is 11.3 Å². The lowest BCUT2D eigenvalue weighted by Crippen LogP contribution is -2.29. The molecule has 94 valence electrons. The van der Waals surface area contributed by atoms with Crippen LogP contribution >= 0.6 is 34.2 Å². The molecule has 6 heteroatoms. The van der Waals surface area contributed by atoms with Crippen LogP contribution in [0.4, 0.5) is 4.39 Å². The van der Waals surface area contributed by atoms with E-state index < -0.39 is 5.82 Å². The zero-order valence-electron chi connectivity index (χ0n) is 9.20. The van der Waals surface area contributed by atoms with Crippen molar-refractivity contribution in [2.75, 3.05) is 0 Å². The number of benzene rings is 1. The van der Waals surface area contributed by atoms with E-state index in [0.717, 1.165) is 15.3 Å². The SMILES string of the molecule is NNC(c1cncc(F)c1)c1cc(Cl)ccc1I. The van der Waals surface area contributed by atoms with Crippen molar-refractivity contribution in [1.82, 2.24) is 10.4 Å². The van der Waals surface area contributed by atoms with Gasteiger partial charge in [-0.3, -0.25) is 10.8 Å². The lowest BCUT2D eigenvalue weighted by Gasteiger charge is -2.18. The normalized spacial score (nSPS) is 12.4. The van der Waals surface area contributed by atoms with Crippen LogP contribution in [0.2, 0.25) is 5.02 Å². The topological polar surface area (TPSA) is 50.9 Å². The highest BCUT2D eigenvalue weighted by Gasteiger charge is 2.16. The van der Waals surface area contributed by atoms with E-state index in [1.54, 1.807) is 18.3 Å². The number of nitrogens with one attached hydrogen (secondary N) is 1. The third kappa shape index (κ3) is 2.97. The number of halogens is 3. The maximum atomic E-state index is 13.2. The maximum Gasteiger partial charge on any atom is 0.141 e. The molecule has 2 aromatic rings. The first-order valence-electron chi connectivity index (χ1n) is 5.13. The van der Waals surface area contributed by atoms with Crippen molar-refractivity contribution in [2.24, 2.45) is 5.84 Å². The minimum Gasteiger partial charge on any atom is -0.271 e. The summed E-state index contributed by atoms with van der Waals surface area (Å²) in [6.07, 6.45) is 2.73. The van der Waals surface area contributed by atoms with Crippen molar-refractivity contribution in [2.45, 2.75) is 6.04 Å². The minimum absolute atomic E-state index is 0.348.